The molecule has 1 aromatic heterocycles. The Bertz CT molecular complexity index is 1310. The van der Waals surface area contributed by atoms with Crippen molar-refractivity contribution in [3.63, 3.8) is 0 Å². The van der Waals surface area contributed by atoms with Gasteiger partial charge in [0.1, 0.15) is 34.0 Å². The van der Waals surface area contributed by atoms with Gasteiger partial charge in [-0.25, -0.2) is 4.39 Å². The molecule has 0 radical (unpaired) electrons. The molecule has 0 unspecified atom stereocenters. The van der Waals surface area contributed by atoms with Crippen LogP contribution >= 0.6 is 23.2 Å². The maximum atomic E-state index is 14.0. The number of likely N-dealkylation sites (N-methyl/N-ethyl adjacent to an activating group) is 1. The van der Waals surface area contributed by atoms with Gasteiger partial charge in [-0.2, -0.15) is 0 Å². The third kappa shape index (κ3) is 4.97. The zero-order valence-electron chi connectivity index (χ0n) is 18.2. The van der Waals surface area contributed by atoms with Crippen molar-refractivity contribution in [3.8, 4) is 22.8 Å². The molecule has 0 saturated carbocycles. The highest BCUT2D eigenvalue weighted by atomic mass is 35.5. The van der Waals surface area contributed by atoms with E-state index < -0.39 is 23.0 Å². The summed E-state index contributed by atoms with van der Waals surface area (Å²) in [5, 5.41) is 37.9. The van der Waals surface area contributed by atoms with E-state index in [2.05, 4.69) is 0 Å². The van der Waals surface area contributed by atoms with Crippen molar-refractivity contribution >= 4 is 40.1 Å². The Morgan fingerprint density at radius 1 is 1.18 bits per heavy atom. The Morgan fingerprint density at radius 3 is 2.44 bits per heavy atom. The van der Waals surface area contributed by atoms with Crippen molar-refractivity contribution in [2.24, 2.45) is 0 Å². The van der Waals surface area contributed by atoms with E-state index in [1.165, 1.54) is 6.07 Å². The topological polar surface area (TPSA) is 131 Å². The van der Waals surface area contributed by atoms with E-state index in [1.54, 1.807) is 0 Å². The van der Waals surface area contributed by atoms with Crippen LogP contribution in [0.15, 0.2) is 33.5 Å². The lowest BCUT2D eigenvalue weighted by molar-refractivity contribution is -0.134. The molecule has 8 nitrogen and oxygen atoms in total. The van der Waals surface area contributed by atoms with Gasteiger partial charge >= 0.3 is 0 Å². The van der Waals surface area contributed by atoms with Crippen LogP contribution in [0.2, 0.25) is 10.0 Å². The van der Waals surface area contributed by atoms with Crippen molar-refractivity contribution in [3.05, 3.63) is 55.9 Å². The second kappa shape index (κ2) is 10.2. The fourth-order valence-electron chi connectivity index (χ4n) is 4.14. The van der Waals surface area contributed by atoms with E-state index in [0.717, 1.165) is 25.1 Å². The molecule has 2 atom stereocenters. The molecule has 4 rings (SSSR count). The van der Waals surface area contributed by atoms with Crippen LogP contribution in [0.5, 0.6) is 11.5 Å². The van der Waals surface area contributed by atoms with Gasteiger partial charge in [-0.15, -0.1) is 0 Å². The van der Waals surface area contributed by atoms with Crippen LogP contribution in [-0.2, 0) is 4.79 Å². The summed E-state index contributed by atoms with van der Waals surface area (Å²) in [4.78, 5) is 23.8. The number of aromatic hydroxyl groups is 2. The molecule has 0 amide bonds. The molecular weight excluding hydrogens is 492 g/mol. The van der Waals surface area contributed by atoms with Crippen molar-refractivity contribution in [2.75, 3.05) is 20.2 Å². The van der Waals surface area contributed by atoms with Gasteiger partial charge in [0.15, 0.2) is 5.43 Å². The minimum absolute atomic E-state index is 0.0276. The number of aliphatic hydroxyl groups is 1. The summed E-state index contributed by atoms with van der Waals surface area (Å²) in [6, 6.07) is 4.13. The second-order valence-corrected chi connectivity index (χ2v) is 8.71. The molecule has 182 valence electrons. The number of phenols is 2. The lowest BCUT2D eigenvalue weighted by Gasteiger charge is -2.24. The fraction of sp³-hybridized carbons (Fsp3) is 0.304. The average molecular weight is 514 g/mol. The van der Waals surface area contributed by atoms with Crippen LogP contribution < -0.4 is 5.43 Å². The van der Waals surface area contributed by atoms with Crippen LogP contribution in [-0.4, -0.2) is 57.5 Å². The number of rotatable bonds is 3. The highest BCUT2D eigenvalue weighted by molar-refractivity contribution is 6.36. The highest BCUT2D eigenvalue weighted by Gasteiger charge is 2.36. The number of hydrogen-bond acceptors (Lipinski definition) is 7. The molecule has 2 aromatic carbocycles. The SMILES string of the molecule is CC(=O)O.CN1CC[C@H](c2c(O)cc(O)c3c(=O)cc(-c4cc(F)c(Cl)cc4Cl)oc23)[C@H]1CO. The molecule has 3 aromatic rings. The van der Waals surface area contributed by atoms with Crippen molar-refractivity contribution in [2.45, 2.75) is 25.3 Å². The van der Waals surface area contributed by atoms with E-state index in [1.807, 2.05) is 11.9 Å². The zero-order chi connectivity index (χ0) is 25.3. The molecule has 1 saturated heterocycles. The van der Waals surface area contributed by atoms with Gasteiger partial charge in [-0.3, -0.25) is 9.59 Å². The van der Waals surface area contributed by atoms with Gasteiger partial charge in [-0.05, 0) is 32.1 Å². The van der Waals surface area contributed by atoms with E-state index >= 15 is 0 Å². The number of likely N-dealkylation sites (tertiary alicyclic amines) is 1. The normalized spacial score (nSPS) is 18.1. The van der Waals surface area contributed by atoms with E-state index in [0.29, 0.717) is 18.5 Å². The van der Waals surface area contributed by atoms with Crippen LogP contribution in [0.4, 0.5) is 4.39 Å². The number of halogens is 3. The molecule has 11 heteroatoms. The minimum Gasteiger partial charge on any atom is -0.507 e. The number of hydrogen-bond donors (Lipinski definition) is 4. The van der Waals surface area contributed by atoms with Gasteiger partial charge in [0.25, 0.3) is 5.97 Å². The molecule has 1 aliphatic heterocycles. The Balaban J connectivity index is 0.000000751. The van der Waals surface area contributed by atoms with Gasteiger partial charge in [0.05, 0.1) is 16.7 Å². The second-order valence-electron chi connectivity index (χ2n) is 7.90. The minimum atomic E-state index is -0.833. The van der Waals surface area contributed by atoms with Crippen molar-refractivity contribution < 1.29 is 34.0 Å². The third-order valence-electron chi connectivity index (χ3n) is 5.65. The van der Waals surface area contributed by atoms with Crippen LogP contribution in [0.1, 0.15) is 24.8 Å². The molecule has 0 bridgehead atoms. The molecule has 4 N–H and O–H groups in total. The lowest BCUT2D eigenvalue weighted by Crippen LogP contribution is -2.32. The standard InChI is InChI=1S/C21H18Cl2FNO5.C2H4O2/c1-25-3-2-9(14(25)8-26)19-15(27)6-16(28)20-17(29)7-18(30-21(19)20)10-4-13(24)12(23)5-11(10)22;1-2(3)4/h4-7,9,14,26-28H,2-3,8H2,1H3;1H3,(H,3,4)/t9-,14+;/m0./s1. The first-order chi connectivity index (χ1) is 16.0. The Morgan fingerprint density at radius 2 is 1.82 bits per heavy atom. The van der Waals surface area contributed by atoms with E-state index in [-0.39, 0.29) is 56.7 Å². The fourth-order valence-corrected chi connectivity index (χ4v) is 4.61. The number of benzene rings is 2. The van der Waals surface area contributed by atoms with Crippen LogP contribution in [0, 0.1) is 5.82 Å². The van der Waals surface area contributed by atoms with Crippen LogP contribution in [0.25, 0.3) is 22.3 Å². The quantitative estimate of drug-likeness (QED) is 0.383. The summed E-state index contributed by atoms with van der Waals surface area (Å²) in [5.74, 6) is -2.65. The van der Waals surface area contributed by atoms with Gasteiger partial charge < -0.3 is 29.7 Å². The third-order valence-corrected chi connectivity index (χ3v) is 6.26. The molecular formula is C23H22Cl2FNO7. The summed E-state index contributed by atoms with van der Waals surface area (Å²) in [6.07, 6.45) is 0.597. The summed E-state index contributed by atoms with van der Waals surface area (Å²) in [7, 11) is 1.85. The maximum Gasteiger partial charge on any atom is 0.300 e. The number of carboxylic acid groups (broad SMARTS) is 1. The highest BCUT2D eigenvalue weighted by Crippen LogP contribution is 2.44. The monoisotopic (exact) mass is 513 g/mol. The predicted molar refractivity (Wildman–Crippen MR) is 125 cm³/mol. The number of aliphatic carboxylic acids is 1. The number of carboxylic acids is 1. The van der Waals surface area contributed by atoms with Gasteiger partial charge in [0.2, 0.25) is 0 Å². The first-order valence-corrected chi connectivity index (χ1v) is 10.9. The Labute approximate surface area is 203 Å². The number of phenolic OH excluding ortho intramolecular Hbond substituents is 2. The molecule has 34 heavy (non-hydrogen) atoms. The largest absolute Gasteiger partial charge is 0.507 e. The Hall–Kier alpha value is -2.85. The molecule has 2 heterocycles. The maximum absolute atomic E-state index is 14.0. The number of nitrogens with zero attached hydrogens (tertiary/aromatic N) is 1. The molecule has 0 spiro atoms. The molecule has 0 aliphatic carbocycles. The van der Waals surface area contributed by atoms with Gasteiger partial charge in [-0.1, -0.05) is 23.2 Å². The zero-order valence-corrected chi connectivity index (χ0v) is 19.7. The van der Waals surface area contributed by atoms with Gasteiger partial charge in [0, 0.05) is 42.1 Å². The molecule has 1 aliphatic rings. The number of fused-ring (bicyclic) bond motifs is 1. The number of carbonyl (C=O) groups is 1. The van der Waals surface area contributed by atoms with Crippen LogP contribution in [0.3, 0.4) is 0 Å². The summed E-state index contributed by atoms with van der Waals surface area (Å²) in [6.45, 7) is 1.58. The molecule has 1 fully saturated rings. The predicted octanol–water partition coefficient (Wildman–Crippen LogP) is 4.19. The van der Waals surface area contributed by atoms with Crippen molar-refractivity contribution in [1.82, 2.24) is 4.90 Å². The lowest BCUT2D eigenvalue weighted by atomic mass is 9.89. The van der Waals surface area contributed by atoms with Crippen molar-refractivity contribution in [1.29, 1.82) is 0 Å². The summed E-state index contributed by atoms with van der Waals surface area (Å²) in [5.41, 5.74) is -0.201. The number of aliphatic hydroxyl groups excluding tert-OH is 1. The smallest absolute Gasteiger partial charge is 0.300 e. The average Bonchev–Trinajstić information content (AvgIpc) is 3.09. The summed E-state index contributed by atoms with van der Waals surface area (Å²) < 4.78 is 20.0. The Kier molecular flexibility index (Phi) is 7.72. The first kappa shape index (κ1) is 25.8. The first-order valence-electron chi connectivity index (χ1n) is 10.1. The summed E-state index contributed by atoms with van der Waals surface area (Å²) >= 11 is 11.9. The van der Waals surface area contributed by atoms with E-state index in [9.17, 15) is 24.5 Å². The van der Waals surface area contributed by atoms with E-state index in [4.69, 9.17) is 37.5 Å².